The van der Waals surface area contributed by atoms with Crippen molar-refractivity contribution in [3.63, 3.8) is 0 Å². The summed E-state index contributed by atoms with van der Waals surface area (Å²) in [6, 6.07) is 15.5. The minimum atomic E-state index is -4.64. The van der Waals surface area contributed by atoms with Crippen molar-refractivity contribution < 1.29 is 38.5 Å². The molecule has 17 heteroatoms. The molecular weight excluding hydrogens is 595 g/mol. The smallest absolute Gasteiger partial charge is 0.383 e. The third-order valence-corrected chi connectivity index (χ3v) is 5.11. The molecule has 0 aliphatic heterocycles. The Hall–Kier alpha value is -2.38. The van der Waals surface area contributed by atoms with Gasteiger partial charge in [0.2, 0.25) is 0 Å². The molecule has 4 aromatic rings. The Balaban J connectivity index is 0.000000458. The number of phosphoric acid groups is 2. The van der Waals surface area contributed by atoms with Gasteiger partial charge in [-0.25, -0.2) is 9.13 Å². The molecule has 13 nitrogen and oxygen atoms in total. The van der Waals surface area contributed by atoms with Crippen LogP contribution in [0, 0.1) is 0 Å². The molecule has 0 spiro atoms. The normalized spacial score (nSPS) is 11.3. The SMILES string of the molecule is Clc1ccc2c(NCCNCCNc3ccnc4cc(Cl)ccc34)ccnc2c1.O=P(O)(O)O.O=P(O)(O)O. The first kappa shape index (κ1) is 32.8. The average molecular weight is 622 g/mol. The number of benzene rings is 2. The molecule has 0 atom stereocenters. The van der Waals surface area contributed by atoms with E-state index in [0.717, 1.165) is 59.4 Å². The van der Waals surface area contributed by atoms with E-state index < -0.39 is 15.6 Å². The Morgan fingerprint density at radius 3 is 1.33 bits per heavy atom. The van der Waals surface area contributed by atoms with Crippen LogP contribution in [0.25, 0.3) is 21.8 Å². The van der Waals surface area contributed by atoms with Crippen LogP contribution in [-0.2, 0) is 9.13 Å². The standard InChI is InChI=1S/C22H21Cl2N5.2H3O4P/c23-15-1-3-17-19(5-7-26-21(17)13-15)28-11-9-25-10-12-29-20-6-8-27-22-14-16(24)2-4-18(20)22;2*1-5(2,3)4/h1-8,13-14,25H,9-12H2,(H,26,28)(H,27,29);2*(H3,1,2,3,4). The minimum Gasteiger partial charge on any atom is -0.383 e. The van der Waals surface area contributed by atoms with Crippen molar-refractivity contribution in [2.45, 2.75) is 0 Å². The highest BCUT2D eigenvalue weighted by Crippen LogP contribution is 2.27. The molecule has 0 saturated carbocycles. The van der Waals surface area contributed by atoms with E-state index >= 15 is 0 Å². The van der Waals surface area contributed by atoms with Crippen molar-refractivity contribution >= 4 is 72.0 Å². The Bertz CT molecular complexity index is 1350. The van der Waals surface area contributed by atoms with Gasteiger partial charge < -0.3 is 45.3 Å². The first-order valence-electron chi connectivity index (χ1n) is 11.0. The monoisotopic (exact) mass is 621 g/mol. The third kappa shape index (κ3) is 14.0. The molecule has 9 N–H and O–H groups in total. The average Bonchev–Trinajstić information content (AvgIpc) is 2.81. The van der Waals surface area contributed by atoms with Crippen LogP contribution >= 0.6 is 38.8 Å². The van der Waals surface area contributed by atoms with E-state index in [0.29, 0.717) is 10.0 Å². The lowest BCUT2D eigenvalue weighted by Gasteiger charge is -2.12. The molecule has 0 bridgehead atoms. The molecule has 0 saturated heterocycles. The molecule has 39 heavy (non-hydrogen) atoms. The summed E-state index contributed by atoms with van der Waals surface area (Å²) >= 11 is 12.1. The summed E-state index contributed by atoms with van der Waals surface area (Å²) in [5.74, 6) is 0. The maximum atomic E-state index is 8.88. The van der Waals surface area contributed by atoms with Crippen molar-refractivity contribution in [3.05, 3.63) is 71.0 Å². The molecule has 0 unspecified atom stereocenters. The molecule has 4 rings (SSSR count). The fourth-order valence-corrected chi connectivity index (χ4v) is 3.58. The number of nitrogens with zero attached hydrogens (tertiary/aromatic N) is 2. The lowest BCUT2D eigenvalue weighted by molar-refractivity contribution is 0.272. The number of hydrogen-bond acceptors (Lipinski definition) is 7. The minimum absolute atomic E-state index is 0.696. The number of anilines is 2. The summed E-state index contributed by atoms with van der Waals surface area (Å²) in [6.07, 6.45) is 3.59. The Labute approximate surface area is 233 Å². The highest BCUT2D eigenvalue weighted by Gasteiger charge is 2.04. The van der Waals surface area contributed by atoms with Gasteiger partial charge in [-0.05, 0) is 48.5 Å². The molecule has 0 radical (unpaired) electrons. The Kier molecular flexibility index (Phi) is 13.0. The third-order valence-electron chi connectivity index (χ3n) is 4.64. The van der Waals surface area contributed by atoms with Crippen molar-refractivity contribution in [3.8, 4) is 0 Å². The van der Waals surface area contributed by atoms with Gasteiger partial charge in [0, 0.05) is 70.8 Å². The van der Waals surface area contributed by atoms with Gasteiger partial charge >= 0.3 is 15.6 Å². The Morgan fingerprint density at radius 1 is 0.615 bits per heavy atom. The fraction of sp³-hybridized carbons (Fsp3) is 0.182. The van der Waals surface area contributed by atoms with Crippen LogP contribution in [0.1, 0.15) is 0 Å². The molecule has 0 amide bonds. The lowest BCUT2D eigenvalue weighted by Crippen LogP contribution is -2.27. The van der Waals surface area contributed by atoms with E-state index in [2.05, 4.69) is 25.9 Å². The van der Waals surface area contributed by atoms with Crippen LogP contribution < -0.4 is 16.0 Å². The predicted molar refractivity (Wildman–Crippen MR) is 152 cm³/mol. The summed E-state index contributed by atoms with van der Waals surface area (Å²) in [5.41, 5.74) is 3.91. The molecule has 0 aliphatic carbocycles. The van der Waals surface area contributed by atoms with E-state index in [9.17, 15) is 0 Å². The van der Waals surface area contributed by atoms with Crippen molar-refractivity contribution in [1.82, 2.24) is 15.3 Å². The number of pyridine rings is 2. The summed E-state index contributed by atoms with van der Waals surface area (Å²) in [4.78, 5) is 51.9. The first-order valence-corrected chi connectivity index (χ1v) is 14.9. The molecule has 2 aromatic heterocycles. The summed E-state index contributed by atoms with van der Waals surface area (Å²) in [7, 11) is -9.28. The van der Waals surface area contributed by atoms with Crippen LogP contribution in [0.5, 0.6) is 0 Å². The number of aromatic nitrogens is 2. The molecular formula is C22H27Cl2N5O8P2. The van der Waals surface area contributed by atoms with E-state index in [1.54, 1.807) is 12.4 Å². The number of nitrogens with one attached hydrogen (secondary N) is 3. The fourth-order valence-electron chi connectivity index (χ4n) is 3.25. The van der Waals surface area contributed by atoms with Gasteiger partial charge in [-0.1, -0.05) is 23.2 Å². The highest BCUT2D eigenvalue weighted by molar-refractivity contribution is 7.45. The van der Waals surface area contributed by atoms with E-state index in [1.165, 1.54) is 0 Å². The van der Waals surface area contributed by atoms with Crippen LogP contribution in [0.3, 0.4) is 0 Å². The van der Waals surface area contributed by atoms with E-state index in [-0.39, 0.29) is 0 Å². The molecule has 0 fully saturated rings. The number of halogens is 2. The van der Waals surface area contributed by atoms with Gasteiger partial charge in [-0.3, -0.25) is 9.97 Å². The van der Waals surface area contributed by atoms with E-state index in [4.69, 9.17) is 61.7 Å². The van der Waals surface area contributed by atoms with E-state index in [1.807, 2.05) is 48.5 Å². The first-order chi connectivity index (χ1) is 18.2. The molecule has 0 aliphatic rings. The van der Waals surface area contributed by atoms with Crippen LogP contribution in [0.2, 0.25) is 10.0 Å². The molecule has 2 aromatic carbocycles. The summed E-state index contributed by atoms with van der Waals surface area (Å²) < 4.78 is 17.8. The van der Waals surface area contributed by atoms with Gasteiger partial charge in [0.25, 0.3) is 0 Å². The zero-order valence-corrected chi connectivity index (χ0v) is 23.4. The van der Waals surface area contributed by atoms with Crippen molar-refractivity contribution in [2.24, 2.45) is 0 Å². The van der Waals surface area contributed by atoms with Gasteiger partial charge in [-0.2, -0.15) is 0 Å². The topological polar surface area (TPSA) is 217 Å². The maximum absolute atomic E-state index is 8.88. The summed E-state index contributed by atoms with van der Waals surface area (Å²) in [5, 5.41) is 13.9. The molecule has 2 heterocycles. The number of rotatable bonds is 8. The van der Waals surface area contributed by atoms with Crippen molar-refractivity contribution in [1.29, 1.82) is 0 Å². The van der Waals surface area contributed by atoms with Crippen molar-refractivity contribution in [2.75, 3.05) is 36.8 Å². The molecule has 212 valence electrons. The largest absolute Gasteiger partial charge is 0.466 e. The number of hydrogen-bond donors (Lipinski definition) is 9. The zero-order valence-electron chi connectivity index (χ0n) is 20.1. The lowest BCUT2D eigenvalue weighted by atomic mass is 10.2. The summed E-state index contributed by atoms with van der Waals surface area (Å²) in [6.45, 7) is 3.34. The number of fused-ring (bicyclic) bond motifs is 2. The predicted octanol–water partition coefficient (Wildman–Crippen LogP) is 3.35. The second-order valence-corrected chi connectivity index (χ2v) is 10.6. The second kappa shape index (κ2) is 15.4. The van der Waals surface area contributed by atoms with Crippen LogP contribution in [-0.4, -0.2) is 65.5 Å². The second-order valence-electron chi connectivity index (χ2n) is 7.67. The Morgan fingerprint density at radius 2 is 0.974 bits per heavy atom. The zero-order chi connectivity index (χ0) is 29.1. The van der Waals surface area contributed by atoms with Gasteiger partial charge in [0.15, 0.2) is 0 Å². The quantitative estimate of drug-likeness (QED) is 0.102. The van der Waals surface area contributed by atoms with Gasteiger partial charge in [-0.15, -0.1) is 0 Å². The maximum Gasteiger partial charge on any atom is 0.466 e. The van der Waals surface area contributed by atoms with Crippen LogP contribution in [0.15, 0.2) is 60.9 Å². The van der Waals surface area contributed by atoms with Crippen LogP contribution in [0.4, 0.5) is 11.4 Å². The van der Waals surface area contributed by atoms with Gasteiger partial charge in [0.1, 0.15) is 0 Å². The highest BCUT2D eigenvalue weighted by atomic mass is 35.5. The van der Waals surface area contributed by atoms with Gasteiger partial charge in [0.05, 0.1) is 11.0 Å².